The van der Waals surface area contributed by atoms with Crippen molar-refractivity contribution in [2.45, 2.75) is 26.3 Å². The fourth-order valence-electron chi connectivity index (χ4n) is 1.01. The lowest BCUT2D eigenvalue weighted by atomic mass is 10.3. The Hall–Kier alpha value is -1.59. The van der Waals surface area contributed by atoms with E-state index in [1.807, 2.05) is 0 Å². The number of carboxylic acid groups (broad SMARTS) is 1. The fourth-order valence-corrected chi connectivity index (χ4v) is 1.01. The number of rotatable bonds is 3. The number of nitrogens with one attached hydrogen (secondary N) is 1. The molecule has 0 fully saturated rings. The van der Waals surface area contributed by atoms with E-state index in [9.17, 15) is 14.7 Å². The smallest absolute Gasteiger partial charge is 0.430 e. The van der Waals surface area contributed by atoms with Gasteiger partial charge in [-0.05, 0) is 19.1 Å². The summed E-state index contributed by atoms with van der Waals surface area (Å²) in [5.41, 5.74) is -0.604. The first-order valence-electron chi connectivity index (χ1n) is 3.84. The number of aromatic nitrogens is 2. The Morgan fingerprint density at radius 3 is 2.77 bits per heavy atom. The van der Waals surface area contributed by atoms with Crippen LogP contribution in [0.25, 0.3) is 0 Å². The maximum Gasteiger partial charge on any atom is 0.430 e. The van der Waals surface area contributed by atoms with Crippen LogP contribution in [0.5, 0.6) is 0 Å². The van der Waals surface area contributed by atoms with Crippen LogP contribution in [0.1, 0.15) is 25.6 Å². The van der Waals surface area contributed by atoms with Crippen LogP contribution in [-0.2, 0) is 11.2 Å². The van der Waals surface area contributed by atoms with E-state index in [1.54, 1.807) is 13.8 Å². The first-order valence-corrected chi connectivity index (χ1v) is 3.84. The number of aliphatic carboxylic acids is 1. The molecule has 13 heavy (non-hydrogen) atoms. The molecule has 1 aromatic heterocycles. The Morgan fingerprint density at radius 2 is 2.31 bits per heavy atom. The Kier molecular flexibility index (Phi) is 2.50. The third-order valence-corrected chi connectivity index (χ3v) is 1.59. The molecule has 0 aliphatic heterocycles. The summed E-state index contributed by atoms with van der Waals surface area (Å²) in [6.07, 6.45) is -0.440. The molecule has 6 heteroatoms. The largest absolute Gasteiger partial charge is 0.550 e. The van der Waals surface area contributed by atoms with Crippen LogP contribution < -0.4 is 15.4 Å². The molecule has 1 N–H and O–H groups in total. The maximum atomic E-state index is 11.0. The summed E-state index contributed by atoms with van der Waals surface area (Å²) in [4.78, 5) is 21.2. The van der Waals surface area contributed by atoms with Gasteiger partial charge in [0, 0.05) is 0 Å². The molecule has 0 saturated carbocycles. The number of carbonyl (C=O) groups is 1. The van der Waals surface area contributed by atoms with Crippen LogP contribution in [0.2, 0.25) is 0 Å². The van der Waals surface area contributed by atoms with E-state index >= 15 is 0 Å². The summed E-state index contributed by atoms with van der Waals surface area (Å²) in [6.45, 7) is 3.59. The highest BCUT2D eigenvalue weighted by molar-refractivity contribution is 5.66. The average molecular weight is 186 g/mol. The number of hydrogen-bond donors (Lipinski definition) is 1. The van der Waals surface area contributed by atoms with Gasteiger partial charge in [0.25, 0.3) is 0 Å². The predicted molar refractivity (Wildman–Crippen MR) is 38.6 cm³/mol. The van der Waals surface area contributed by atoms with Crippen molar-refractivity contribution < 1.29 is 19.1 Å². The van der Waals surface area contributed by atoms with Gasteiger partial charge in [-0.3, -0.25) is 4.52 Å². The quantitative estimate of drug-likeness (QED) is 0.560. The SMILES string of the molecule is CC(C)[n+]1[nH]oc(=O)c1CC(=O)[O-]. The van der Waals surface area contributed by atoms with E-state index in [0.29, 0.717) is 0 Å². The van der Waals surface area contributed by atoms with Crippen LogP contribution in [0.15, 0.2) is 9.32 Å². The lowest BCUT2D eigenvalue weighted by Crippen LogP contribution is -2.45. The van der Waals surface area contributed by atoms with Crippen molar-refractivity contribution in [2.75, 3.05) is 0 Å². The van der Waals surface area contributed by atoms with Gasteiger partial charge in [0.2, 0.25) is 0 Å². The van der Waals surface area contributed by atoms with Crippen molar-refractivity contribution >= 4 is 5.97 Å². The Balaban J connectivity index is 3.09. The molecular formula is C7H10N2O4. The zero-order chi connectivity index (χ0) is 10.0. The molecule has 0 aromatic carbocycles. The molecule has 0 atom stereocenters. The summed E-state index contributed by atoms with van der Waals surface area (Å²) in [5.74, 6) is -1.30. The highest BCUT2D eigenvalue weighted by atomic mass is 16.5. The summed E-state index contributed by atoms with van der Waals surface area (Å²) in [5, 5.41) is 12.6. The summed E-state index contributed by atoms with van der Waals surface area (Å²) >= 11 is 0. The van der Waals surface area contributed by atoms with Gasteiger partial charge < -0.3 is 9.90 Å². The molecule has 1 rings (SSSR count). The minimum absolute atomic E-state index is 0.0548. The number of H-pyrrole nitrogens is 1. The summed E-state index contributed by atoms with van der Waals surface area (Å²) in [7, 11) is 0. The van der Waals surface area contributed by atoms with Gasteiger partial charge in [-0.2, -0.15) is 0 Å². The Labute approximate surface area is 73.7 Å². The molecule has 0 aliphatic rings. The highest BCUT2D eigenvalue weighted by Gasteiger charge is 2.22. The summed E-state index contributed by atoms with van der Waals surface area (Å²) in [6, 6.07) is -0.0548. The van der Waals surface area contributed by atoms with Gasteiger partial charge in [-0.1, -0.05) is 4.68 Å². The van der Waals surface area contributed by atoms with Gasteiger partial charge in [0.15, 0.2) is 6.04 Å². The third-order valence-electron chi connectivity index (χ3n) is 1.59. The molecular weight excluding hydrogens is 176 g/mol. The van der Waals surface area contributed by atoms with Crippen molar-refractivity contribution in [1.29, 1.82) is 0 Å². The third kappa shape index (κ3) is 1.95. The van der Waals surface area contributed by atoms with Gasteiger partial charge >= 0.3 is 11.3 Å². The Bertz CT molecular complexity index is 363. The van der Waals surface area contributed by atoms with Crippen LogP contribution in [0.4, 0.5) is 0 Å². The van der Waals surface area contributed by atoms with Crippen molar-refractivity contribution in [1.82, 2.24) is 5.27 Å². The van der Waals surface area contributed by atoms with E-state index < -0.39 is 18.0 Å². The van der Waals surface area contributed by atoms with Crippen LogP contribution in [0, 0.1) is 0 Å². The van der Waals surface area contributed by atoms with E-state index in [1.165, 1.54) is 4.68 Å². The zero-order valence-electron chi connectivity index (χ0n) is 7.36. The van der Waals surface area contributed by atoms with Crippen LogP contribution in [0.3, 0.4) is 0 Å². The molecule has 6 nitrogen and oxygen atoms in total. The standard InChI is InChI=1S/C7H10N2O4/c1-4(2)9-5(3-6(10)11)7(12)13-8-9/h4H,3H2,1-2H3,(H-,8,10,11,12). The topological polar surface area (TPSA) is 90.0 Å². The second-order valence-corrected chi connectivity index (χ2v) is 2.94. The van der Waals surface area contributed by atoms with Crippen molar-refractivity contribution in [3.63, 3.8) is 0 Å². The average Bonchev–Trinajstić information content (AvgIpc) is 2.32. The lowest BCUT2D eigenvalue weighted by Gasteiger charge is -1.97. The first kappa shape index (κ1) is 9.50. The first-order chi connectivity index (χ1) is 6.02. The minimum Gasteiger partial charge on any atom is -0.550 e. The number of carboxylic acids is 1. The van der Waals surface area contributed by atoms with E-state index in [4.69, 9.17) is 0 Å². The van der Waals surface area contributed by atoms with Gasteiger partial charge in [0.05, 0.1) is 12.4 Å². The van der Waals surface area contributed by atoms with Gasteiger partial charge in [0.1, 0.15) is 0 Å². The molecule has 0 spiro atoms. The molecule has 0 unspecified atom stereocenters. The summed E-state index contributed by atoms with van der Waals surface area (Å²) < 4.78 is 5.81. The highest BCUT2D eigenvalue weighted by Crippen LogP contribution is 1.92. The molecule has 1 aromatic rings. The minimum atomic E-state index is -1.30. The number of carbonyl (C=O) groups excluding carboxylic acids is 1. The molecule has 0 amide bonds. The van der Waals surface area contributed by atoms with Gasteiger partial charge in [-0.25, -0.2) is 4.79 Å². The number of nitrogens with zero attached hydrogens (tertiary/aromatic N) is 1. The predicted octanol–water partition coefficient (Wildman–Crippen LogP) is -1.87. The van der Waals surface area contributed by atoms with Crippen LogP contribution >= 0.6 is 0 Å². The van der Waals surface area contributed by atoms with E-state index in [0.717, 1.165) is 0 Å². The van der Waals surface area contributed by atoms with E-state index in [-0.39, 0.29) is 11.7 Å². The number of hydrogen-bond acceptors (Lipinski definition) is 4. The fraction of sp³-hybridized carbons (Fsp3) is 0.571. The number of aromatic amines is 1. The molecule has 0 radical (unpaired) electrons. The van der Waals surface area contributed by atoms with Crippen molar-refractivity contribution in [2.24, 2.45) is 0 Å². The molecule has 1 heterocycles. The molecule has 0 aliphatic carbocycles. The van der Waals surface area contributed by atoms with Crippen molar-refractivity contribution in [3.8, 4) is 0 Å². The Morgan fingerprint density at radius 1 is 1.69 bits per heavy atom. The monoisotopic (exact) mass is 186 g/mol. The molecule has 72 valence electrons. The second-order valence-electron chi connectivity index (χ2n) is 2.94. The lowest BCUT2D eigenvalue weighted by molar-refractivity contribution is -0.784. The molecule has 0 saturated heterocycles. The van der Waals surface area contributed by atoms with Crippen molar-refractivity contribution in [3.05, 3.63) is 16.1 Å². The second kappa shape index (κ2) is 3.42. The zero-order valence-corrected chi connectivity index (χ0v) is 7.36. The van der Waals surface area contributed by atoms with E-state index in [2.05, 4.69) is 9.79 Å². The van der Waals surface area contributed by atoms with Gasteiger partial charge in [-0.15, -0.1) is 0 Å². The maximum absolute atomic E-state index is 11.0. The normalized spacial score (nSPS) is 10.7. The van der Waals surface area contributed by atoms with Crippen LogP contribution in [-0.4, -0.2) is 11.2 Å². The molecule has 0 bridgehead atoms.